The molecule has 0 aliphatic rings. The average Bonchev–Trinajstić information content (AvgIpc) is 2.37. The fourth-order valence-electron chi connectivity index (χ4n) is 1.58. The lowest BCUT2D eigenvalue weighted by Gasteiger charge is -2.09. The normalized spacial score (nSPS) is 10.5. The van der Waals surface area contributed by atoms with E-state index in [1.165, 1.54) is 18.2 Å². The summed E-state index contributed by atoms with van der Waals surface area (Å²) in [5.41, 5.74) is 1.13. The summed E-state index contributed by atoms with van der Waals surface area (Å²) in [5.74, 6) is -0.461. The Hall–Kier alpha value is -1.13. The van der Waals surface area contributed by atoms with Gasteiger partial charge in [-0.2, -0.15) is 0 Å². The number of benzene rings is 2. The molecule has 0 saturated heterocycles. The summed E-state index contributed by atoms with van der Waals surface area (Å²) in [6.07, 6.45) is 0. The van der Waals surface area contributed by atoms with Crippen LogP contribution >= 0.6 is 27.5 Å². The lowest BCUT2D eigenvalue weighted by Crippen LogP contribution is -1.99. The summed E-state index contributed by atoms with van der Waals surface area (Å²) in [6.45, 7) is 0.0220. The Bertz CT molecular complexity index is 590. The van der Waals surface area contributed by atoms with Crippen LogP contribution in [0.2, 0.25) is 5.02 Å². The van der Waals surface area contributed by atoms with Crippen molar-refractivity contribution in [3.63, 3.8) is 0 Å². The zero-order valence-corrected chi connectivity index (χ0v) is 12.1. The van der Waals surface area contributed by atoms with Crippen LogP contribution in [0.4, 0.5) is 8.78 Å². The molecule has 0 bridgehead atoms. The van der Waals surface area contributed by atoms with Crippen LogP contribution in [0.15, 0.2) is 36.4 Å². The van der Waals surface area contributed by atoms with Crippen molar-refractivity contribution >= 4 is 27.5 Å². The number of alkyl halides is 1. The van der Waals surface area contributed by atoms with Crippen molar-refractivity contribution in [2.45, 2.75) is 11.9 Å². The van der Waals surface area contributed by atoms with Gasteiger partial charge in [-0.05, 0) is 29.8 Å². The van der Waals surface area contributed by atoms with Crippen LogP contribution < -0.4 is 4.74 Å². The third kappa shape index (κ3) is 3.91. The smallest absolute Gasteiger partial charge is 0.131 e. The van der Waals surface area contributed by atoms with E-state index in [1.54, 1.807) is 18.2 Å². The van der Waals surface area contributed by atoms with Crippen molar-refractivity contribution in [3.8, 4) is 5.75 Å². The molecule has 0 N–H and O–H groups in total. The van der Waals surface area contributed by atoms with Crippen LogP contribution in [0, 0.1) is 11.6 Å². The molecule has 0 radical (unpaired) electrons. The molecule has 0 aliphatic heterocycles. The molecular formula is C14H10BrClF2O. The molecule has 0 amide bonds. The summed E-state index contributed by atoms with van der Waals surface area (Å²) >= 11 is 8.90. The average molecular weight is 348 g/mol. The van der Waals surface area contributed by atoms with Crippen molar-refractivity contribution in [1.29, 1.82) is 0 Å². The van der Waals surface area contributed by atoms with Gasteiger partial charge in [0.25, 0.3) is 0 Å². The van der Waals surface area contributed by atoms with Gasteiger partial charge in [-0.15, -0.1) is 0 Å². The number of hydrogen-bond acceptors (Lipinski definition) is 1. The van der Waals surface area contributed by atoms with Gasteiger partial charge >= 0.3 is 0 Å². The van der Waals surface area contributed by atoms with E-state index in [0.717, 1.165) is 5.56 Å². The minimum atomic E-state index is -0.440. The lowest BCUT2D eigenvalue weighted by molar-refractivity contribution is 0.298. The molecule has 100 valence electrons. The molecule has 1 nitrogen and oxygen atoms in total. The second-order valence-electron chi connectivity index (χ2n) is 3.95. The van der Waals surface area contributed by atoms with Gasteiger partial charge in [-0.1, -0.05) is 33.6 Å². The van der Waals surface area contributed by atoms with Crippen molar-refractivity contribution in [3.05, 3.63) is 64.2 Å². The molecule has 2 aromatic carbocycles. The van der Waals surface area contributed by atoms with E-state index in [2.05, 4.69) is 15.9 Å². The van der Waals surface area contributed by atoms with Crippen molar-refractivity contribution in [1.82, 2.24) is 0 Å². The molecule has 0 atom stereocenters. The second kappa shape index (κ2) is 6.35. The predicted octanol–water partition coefficient (Wildman–Crippen LogP) is 5.09. The number of hydrogen-bond donors (Lipinski definition) is 0. The van der Waals surface area contributed by atoms with Gasteiger partial charge in [0, 0.05) is 22.0 Å². The largest absolute Gasteiger partial charge is 0.489 e. The molecule has 19 heavy (non-hydrogen) atoms. The highest BCUT2D eigenvalue weighted by molar-refractivity contribution is 9.08. The Morgan fingerprint density at radius 3 is 2.58 bits per heavy atom. The monoisotopic (exact) mass is 346 g/mol. The highest BCUT2D eigenvalue weighted by Crippen LogP contribution is 2.21. The van der Waals surface area contributed by atoms with E-state index < -0.39 is 5.82 Å². The molecule has 0 aromatic heterocycles. The van der Waals surface area contributed by atoms with E-state index in [-0.39, 0.29) is 12.4 Å². The maximum atomic E-state index is 13.5. The maximum Gasteiger partial charge on any atom is 0.131 e. The van der Waals surface area contributed by atoms with Gasteiger partial charge in [0.05, 0.1) is 0 Å². The Balaban J connectivity index is 2.12. The molecule has 5 heteroatoms. The van der Waals surface area contributed by atoms with Crippen LogP contribution in [-0.4, -0.2) is 0 Å². The topological polar surface area (TPSA) is 9.23 Å². The molecule has 2 aromatic rings. The van der Waals surface area contributed by atoms with Crippen LogP contribution in [-0.2, 0) is 11.9 Å². The SMILES string of the molecule is Fc1cc(CBr)cc(OCc2ccc(Cl)cc2F)c1. The first kappa shape index (κ1) is 14.3. The lowest BCUT2D eigenvalue weighted by atomic mass is 10.2. The van der Waals surface area contributed by atoms with Gasteiger partial charge < -0.3 is 4.74 Å². The fraction of sp³-hybridized carbons (Fsp3) is 0.143. The van der Waals surface area contributed by atoms with Crippen LogP contribution in [0.5, 0.6) is 5.75 Å². The molecular weight excluding hydrogens is 338 g/mol. The van der Waals surface area contributed by atoms with Gasteiger partial charge in [-0.25, -0.2) is 8.78 Å². The minimum Gasteiger partial charge on any atom is -0.489 e. The third-order valence-corrected chi connectivity index (χ3v) is 3.38. The molecule has 0 aliphatic carbocycles. The second-order valence-corrected chi connectivity index (χ2v) is 4.95. The third-order valence-electron chi connectivity index (χ3n) is 2.49. The highest BCUT2D eigenvalue weighted by atomic mass is 79.9. The number of ether oxygens (including phenoxy) is 1. The Morgan fingerprint density at radius 1 is 1.11 bits per heavy atom. The molecule has 0 unspecified atom stereocenters. The molecule has 0 heterocycles. The van der Waals surface area contributed by atoms with Crippen molar-refractivity contribution in [2.24, 2.45) is 0 Å². The molecule has 2 rings (SSSR count). The van der Waals surface area contributed by atoms with Crippen molar-refractivity contribution < 1.29 is 13.5 Å². The molecule has 0 spiro atoms. The van der Waals surface area contributed by atoms with Crippen LogP contribution in [0.25, 0.3) is 0 Å². The summed E-state index contributed by atoms with van der Waals surface area (Å²) in [5, 5.41) is 0.852. The summed E-state index contributed by atoms with van der Waals surface area (Å²) in [4.78, 5) is 0. The zero-order valence-electron chi connectivity index (χ0n) is 9.80. The highest BCUT2D eigenvalue weighted by Gasteiger charge is 2.06. The van der Waals surface area contributed by atoms with Gasteiger partial charge in [0.1, 0.15) is 24.0 Å². The van der Waals surface area contributed by atoms with Crippen LogP contribution in [0.3, 0.4) is 0 Å². The first-order valence-corrected chi connectivity index (χ1v) is 7.00. The van der Waals surface area contributed by atoms with Crippen LogP contribution in [0.1, 0.15) is 11.1 Å². The van der Waals surface area contributed by atoms with E-state index in [1.807, 2.05) is 0 Å². The Labute approximate surface area is 123 Å². The minimum absolute atomic E-state index is 0.0220. The Kier molecular flexibility index (Phi) is 4.77. The molecule has 0 saturated carbocycles. The summed E-state index contributed by atoms with van der Waals surface area (Å²) in [6, 6.07) is 8.72. The van der Waals surface area contributed by atoms with Gasteiger partial charge in [0.2, 0.25) is 0 Å². The standard InChI is InChI=1S/C14H10BrClF2O/c15-7-9-3-12(17)6-13(4-9)19-8-10-1-2-11(16)5-14(10)18/h1-6H,7-8H2. The van der Waals surface area contributed by atoms with E-state index in [4.69, 9.17) is 16.3 Å². The first-order valence-electron chi connectivity index (χ1n) is 5.50. The predicted molar refractivity (Wildman–Crippen MR) is 74.8 cm³/mol. The van der Waals surface area contributed by atoms with Gasteiger partial charge in [0.15, 0.2) is 0 Å². The number of rotatable bonds is 4. The maximum absolute atomic E-state index is 13.5. The quantitative estimate of drug-likeness (QED) is 0.700. The van der Waals surface area contributed by atoms with E-state index in [0.29, 0.717) is 21.7 Å². The number of halogens is 4. The van der Waals surface area contributed by atoms with E-state index in [9.17, 15) is 8.78 Å². The fourth-order valence-corrected chi connectivity index (χ4v) is 2.06. The zero-order chi connectivity index (χ0) is 13.8. The molecule has 0 fully saturated rings. The van der Waals surface area contributed by atoms with Crippen molar-refractivity contribution in [2.75, 3.05) is 0 Å². The Morgan fingerprint density at radius 2 is 1.89 bits per heavy atom. The van der Waals surface area contributed by atoms with E-state index >= 15 is 0 Å². The first-order chi connectivity index (χ1) is 9.08. The summed E-state index contributed by atoms with van der Waals surface area (Å²) in [7, 11) is 0. The van der Waals surface area contributed by atoms with Gasteiger partial charge in [-0.3, -0.25) is 0 Å². The summed E-state index contributed by atoms with van der Waals surface area (Å²) < 4.78 is 32.2.